The normalized spacial score (nSPS) is 18.6. The molecule has 1 aromatic heterocycles. The van der Waals surface area contributed by atoms with Crippen molar-refractivity contribution in [3.63, 3.8) is 0 Å². The third-order valence-corrected chi connectivity index (χ3v) is 4.10. The Morgan fingerprint density at radius 3 is 3.00 bits per heavy atom. The lowest BCUT2D eigenvalue weighted by atomic mass is 10.1. The fourth-order valence-electron chi connectivity index (χ4n) is 2.11. The zero-order valence-corrected chi connectivity index (χ0v) is 11.5. The average molecular weight is 268 g/mol. The molecule has 1 aliphatic heterocycles. The molecular formula is C12H20N4OS. The van der Waals surface area contributed by atoms with E-state index in [9.17, 15) is 4.79 Å². The quantitative estimate of drug-likeness (QED) is 0.880. The van der Waals surface area contributed by atoms with E-state index in [1.54, 1.807) is 11.3 Å². The first-order valence-corrected chi connectivity index (χ1v) is 7.23. The van der Waals surface area contributed by atoms with Gasteiger partial charge >= 0.3 is 0 Å². The predicted molar refractivity (Wildman–Crippen MR) is 73.7 cm³/mol. The van der Waals surface area contributed by atoms with E-state index in [2.05, 4.69) is 9.88 Å². The Bertz CT molecular complexity index is 381. The molecule has 1 amide bonds. The van der Waals surface area contributed by atoms with Crippen LogP contribution >= 0.6 is 11.3 Å². The molecule has 2 heterocycles. The van der Waals surface area contributed by atoms with Gasteiger partial charge in [-0.3, -0.25) is 4.79 Å². The van der Waals surface area contributed by atoms with Gasteiger partial charge in [-0.25, -0.2) is 4.98 Å². The highest BCUT2D eigenvalue weighted by Crippen LogP contribution is 2.19. The maximum absolute atomic E-state index is 12.1. The number of carbonyl (C=O) groups is 1. The van der Waals surface area contributed by atoms with Crippen LogP contribution in [0.15, 0.2) is 11.6 Å². The summed E-state index contributed by atoms with van der Waals surface area (Å²) in [5, 5.41) is 3.04. The van der Waals surface area contributed by atoms with Crippen LogP contribution in [-0.4, -0.2) is 48.5 Å². The lowest BCUT2D eigenvalue weighted by Gasteiger charge is -2.24. The number of nitrogens with zero attached hydrogens (tertiary/aromatic N) is 3. The molecule has 0 spiro atoms. The summed E-state index contributed by atoms with van der Waals surface area (Å²) in [5.74, 6) is 0.106. The summed E-state index contributed by atoms with van der Waals surface area (Å²) < 4.78 is 0. The smallest absolute Gasteiger partial charge is 0.226 e. The number of nitrogens with two attached hydrogens (primary N) is 1. The van der Waals surface area contributed by atoms with Gasteiger partial charge in [0.25, 0.3) is 0 Å². The number of hydrogen-bond acceptors (Lipinski definition) is 5. The molecule has 0 bridgehead atoms. The molecular weight excluding hydrogens is 248 g/mol. The molecule has 1 fully saturated rings. The lowest BCUT2D eigenvalue weighted by Crippen LogP contribution is -2.40. The predicted octanol–water partition coefficient (Wildman–Crippen LogP) is 0.777. The van der Waals surface area contributed by atoms with Crippen LogP contribution in [0.3, 0.4) is 0 Å². The van der Waals surface area contributed by atoms with Crippen LogP contribution in [-0.2, 0) is 4.79 Å². The van der Waals surface area contributed by atoms with Crippen molar-refractivity contribution in [2.45, 2.75) is 13.3 Å². The Morgan fingerprint density at radius 2 is 2.33 bits per heavy atom. The Kier molecular flexibility index (Phi) is 4.54. The number of thiazole rings is 1. The van der Waals surface area contributed by atoms with E-state index in [1.165, 1.54) is 0 Å². The van der Waals surface area contributed by atoms with Crippen molar-refractivity contribution < 1.29 is 4.79 Å². The molecule has 0 saturated carbocycles. The first kappa shape index (κ1) is 13.3. The molecule has 0 aromatic carbocycles. The number of amides is 1. The van der Waals surface area contributed by atoms with E-state index >= 15 is 0 Å². The van der Waals surface area contributed by atoms with E-state index < -0.39 is 0 Å². The zero-order chi connectivity index (χ0) is 13.0. The van der Waals surface area contributed by atoms with Crippen molar-refractivity contribution in [1.29, 1.82) is 0 Å². The van der Waals surface area contributed by atoms with Crippen molar-refractivity contribution in [2.75, 3.05) is 37.6 Å². The highest BCUT2D eigenvalue weighted by Gasteiger charge is 2.23. The summed E-state index contributed by atoms with van der Waals surface area (Å²) in [4.78, 5) is 20.6. The highest BCUT2D eigenvalue weighted by atomic mass is 32.1. The van der Waals surface area contributed by atoms with Gasteiger partial charge in [-0.1, -0.05) is 6.92 Å². The van der Waals surface area contributed by atoms with Gasteiger partial charge in [0.2, 0.25) is 5.91 Å². The first-order valence-electron chi connectivity index (χ1n) is 6.35. The molecule has 2 rings (SSSR count). The third-order valence-electron chi connectivity index (χ3n) is 3.27. The molecule has 100 valence electrons. The monoisotopic (exact) mass is 268 g/mol. The van der Waals surface area contributed by atoms with E-state index in [-0.39, 0.29) is 11.8 Å². The van der Waals surface area contributed by atoms with Crippen molar-refractivity contribution in [1.82, 2.24) is 9.88 Å². The molecule has 5 nitrogen and oxygen atoms in total. The lowest BCUT2D eigenvalue weighted by molar-refractivity contribution is -0.134. The number of carbonyl (C=O) groups excluding carboxylic acids is 1. The van der Waals surface area contributed by atoms with E-state index in [4.69, 9.17) is 5.73 Å². The van der Waals surface area contributed by atoms with Crippen LogP contribution in [0.5, 0.6) is 0 Å². The minimum Gasteiger partial charge on any atom is -0.346 e. The molecule has 0 aliphatic carbocycles. The van der Waals surface area contributed by atoms with Crippen molar-refractivity contribution in [3.05, 3.63) is 11.6 Å². The Morgan fingerprint density at radius 1 is 1.50 bits per heavy atom. The summed E-state index contributed by atoms with van der Waals surface area (Å²) in [6.45, 7) is 5.73. The molecule has 1 aromatic rings. The van der Waals surface area contributed by atoms with Gasteiger partial charge in [-0.2, -0.15) is 0 Å². The molecule has 1 atom stereocenters. The number of rotatable bonds is 3. The molecule has 1 saturated heterocycles. The Hall–Kier alpha value is -1.14. The maximum Gasteiger partial charge on any atom is 0.226 e. The SMILES string of the molecule is CC(CN)C(=O)N1CCCN(c2nccs2)CC1. The number of anilines is 1. The van der Waals surface area contributed by atoms with Gasteiger partial charge in [0, 0.05) is 50.2 Å². The van der Waals surface area contributed by atoms with Gasteiger partial charge in [-0.15, -0.1) is 11.3 Å². The molecule has 18 heavy (non-hydrogen) atoms. The van der Waals surface area contributed by atoms with Gasteiger partial charge in [0.1, 0.15) is 0 Å². The Balaban J connectivity index is 1.94. The molecule has 6 heteroatoms. The standard InChI is InChI=1S/C12H20N4OS/c1-10(9-13)11(17)15-4-2-5-16(7-6-15)12-14-3-8-18-12/h3,8,10H,2,4-7,9,13H2,1H3. The van der Waals surface area contributed by atoms with Crippen LogP contribution < -0.4 is 10.6 Å². The summed E-state index contributed by atoms with van der Waals surface area (Å²) in [6, 6.07) is 0. The second-order valence-electron chi connectivity index (χ2n) is 4.62. The Labute approximate surface area is 112 Å². The second-order valence-corrected chi connectivity index (χ2v) is 5.49. The zero-order valence-electron chi connectivity index (χ0n) is 10.7. The van der Waals surface area contributed by atoms with Gasteiger partial charge < -0.3 is 15.5 Å². The largest absolute Gasteiger partial charge is 0.346 e. The second kappa shape index (κ2) is 6.15. The third kappa shape index (κ3) is 3.00. The first-order chi connectivity index (χ1) is 8.72. The summed E-state index contributed by atoms with van der Waals surface area (Å²) in [7, 11) is 0. The topological polar surface area (TPSA) is 62.5 Å². The molecule has 2 N–H and O–H groups in total. The molecule has 0 radical (unpaired) electrons. The number of hydrogen-bond donors (Lipinski definition) is 1. The minimum atomic E-state index is -0.0728. The van der Waals surface area contributed by atoms with Crippen molar-refractivity contribution in [2.24, 2.45) is 11.7 Å². The van der Waals surface area contributed by atoms with Crippen molar-refractivity contribution >= 4 is 22.4 Å². The fraction of sp³-hybridized carbons (Fsp3) is 0.667. The van der Waals surface area contributed by atoms with Crippen LogP contribution in [0, 0.1) is 5.92 Å². The van der Waals surface area contributed by atoms with E-state index in [0.717, 1.165) is 37.7 Å². The maximum atomic E-state index is 12.1. The van der Waals surface area contributed by atoms with Crippen LogP contribution in [0.4, 0.5) is 5.13 Å². The van der Waals surface area contributed by atoms with Crippen molar-refractivity contribution in [3.8, 4) is 0 Å². The van der Waals surface area contributed by atoms with Crippen LogP contribution in [0.25, 0.3) is 0 Å². The van der Waals surface area contributed by atoms with Crippen LogP contribution in [0.2, 0.25) is 0 Å². The van der Waals surface area contributed by atoms with Gasteiger partial charge in [-0.05, 0) is 6.42 Å². The van der Waals surface area contributed by atoms with Gasteiger partial charge in [0.15, 0.2) is 5.13 Å². The summed E-state index contributed by atoms with van der Waals surface area (Å²) >= 11 is 1.65. The number of aromatic nitrogens is 1. The molecule has 1 unspecified atom stereocenters. The summed E-state index contributed by atoms with van der Waals surface area (Å²) in [6.07, 6.45) is 2.81. The van der Waals surface area contributed by atoms with Gasteiger partial charge in [0.05, 0.1) is 0 Å². The fourth-order valence-corrected chi connectivity index (χ4v) is 2.81. The van der Waals surface area contributed by atoms with Crippen LogP contribution in [0.1, 0.15) is 13.3 Å². The van der Waals surface area contributed by atoms with E-state index in [0.29, 0.717) is 6.54 Å². The minimum absolute atomic E-state index is 0.0728. The highest BCUT2D eigenvalue weighted by molar-refractivity contribution is 7.13. The molecule has 1 aliphatic rings. The average Bonchev–Trinajstić information content (AvgIpc) is 2.82. The summed E-state index contributed by atoms with van der Waals surface area (Å²) in [5.41, 5.74) is 5.56. The van der Waals surface area contributed by atoms with E-state index in [1.807, 2.05) is 23.4 Å².